The molecule has 0 bridgehead atoms. The molecule has 23 heavy (non-hydrogen) atoms. The lowest BCUT2D eigenvalue weighted by Crippen LogP contribution is -1.98. The zero-order chi connectivity index (χ0) is 16.1. The average Bonchev–Trinajstić information content (AvgIpc) is 3.06. The van der Waals surface area contributed by atoms with Crippen molar-refractivity contribution in [2.75, 3.05) is 5.32 Å². The fourth-order valence-corrected chi connectivity index (χ4v) is 2.65. The lowest BCUT2D eigenvalue weighted by atomic mass is 10.3. The number of H-pyrrole nitrogens is 1. The first-order valence-electron chi connectivity index (χ1n) is 6.75. The molecule has 0 aliphatic carbocycles. The van der Waals surface area contributed by atoms with Gasteiger partial charge in [0, 0.05) is 13.2 Å². The molecule has 0 atom stereocenters. The Kier molecular flexibility index (Phi) is 2.99. The van der Waals surface area contributed by atoms with Crippen molar-refractivity contribution >= 4 is 45.3 Å². The molecule has 0 radical (unpaired) electrons. The molecule has 1 aromatic carbocycles. The van der Waals surface area contributed by atoms with Crippen molar-refractivity contribution in [1.82, 2.24) is 19.5 Å². The van der Waals surface area contributed by atoms with Crippen LogP contribution in [0.15, 0.2) is 30.5 Å². The van der Waals surface area contributed by atoms with Gasteiger partial charge < -0.3 is 14.9 Å². The number of aryl methyl sites for hydroxylation is 1. The summed E-state index contributed by atoms with van der Waals surface area (Å²) < 4.78 is 28.8. The molecule has 0 aliphatic rings. The summed E-state index contributed by atoms with van der Waals surface area (Å²) in [6.45, 7) is 0. The first-order chi connectivity index (χ1) is 11.0. The SMILES string of the molecule is Cn1c(Nc2c[nH]c3ccc(Cl)nc23)nc2c(F)c(F)ccc21. The average molecular weight is 334 g/mol. The second-order valence-corrected chi connectivity index (χ2v) is 5.47. The molecule has 4 rings (SSSR count). The van der Waals surface area contributed by atoms with Crippen LogP contribution in [0.25, 0.3) is 22.1 Å². The number of hydrogen-bond acceptors (Lipinski definition) is 3. The zero-order valence-corrected chi connectivity index (χ0v) is 12.6. The molecule has 3 aromatic heterocycles. The maximum Gasteiger partial charge on any atom is 0.208 e. The lowest BCUT2D eigenvalue weighted by molar-refractivity contribution is 0.515. The number of nitrogens with zero attached hydrogens (tertiary/aromatic N) is 3. The Bertz CT molecular complexity index is 1050. The number of rotatable bonds is 2. The Morgan fingerprint density at radius 3 is 2.78 bits per heavy atom. The number of anilines is 2. The van der Waals surface area contributed by atoms with E-state index in [-0.39, 0.29) is 5.52 Å². The second kappa shape index (κ2) is 4.92. The molecule has 116 valence electrons. The summed E-state index contributed by atoms with van der Waals surface area (Å²) in [5.74, 6) is -1.53. The van der Waals surface area contributed by atoms with Gasteiger partial charge in [-0.15, -0.1) is 0 Å². The fraction of sp³-hybridized carbons (Fsp3) is 0.0667. The predicted molar refractivity (Wildman–Crippen MR) is 85.0 cm³/mol. The molecule has 0 saturated heterocycles. The van der Waals surface area contributed by atoms with Gasteiger partial charge in [0.15, 0.2) is 11.6 Å². The lowest BCUT2D eigenvalue weighted by Gasteiger charge is -2.04. The maximum absolute atomic E-state index is 13.9. The van der Waals surface area contributed by atoms with Crippen LogP contribution in [0.2, 0.25) is 5.15 Å². The normalized spacial score (nSPS) is 11.5. The smallest absolute Gasteiger partial charge is 0.208 e. The van der Waals surface area contributed by atoms with E-state index in [4.69, 9.17) is 11.6 Å². The third-order valence-electron chi connectivity index (χ3n) is 3.68. The molecule has 4 aromatic rings. The topological polar surface area (TPSA) is 58.5 Å². The largest absolute Gasteiger partial charge is 0.358 e. The second-order valence-electron chi connectivity index (χ2n) is 5.08. The molecular weight excluding hydrogens is 324 g/mol. The van der Waals surface area contributed by atoms with Gasteiger partial charge in [0.1, 0.15) is 16.2 Å². The van der Waals surface area contributed by atoms with Crippen molar-refractivity contribution in [2.45, 2.75) is 0 Å². The minimum Gasteiger partial charge on any atom is -0.358 e. The van der Waals surface area contributed by atoms with Gasteiger partial charge in [-0.2, -0.15) is 0 Å². The molecule has 0 amide bonds. The Morgan fingerprint density at radius 1 is 1.13 bits per heavy atom. The summed E-state index contributed by atoms with van der Waals surface area (Å²) in [4.78, 5) is 11.4. The van der Waals surface area contributed by atoms with Crippen LogP contribution in [-0.2, 0) is 7.05 Å². The van der Waals surface area contributed by atoms with Crippen LogP contribution >= 0.6 is 11.6 Å². The van der Waals surface area contributed by atoms with Crippen molar-refractivity contribution in [2.24, 2.45) is 7.05 Å². The van der Waals surface area contributed by atoms with E-state index in [0.29, 0.717) is 27.8 Å². The van der Waals surface area contributed by atoms with Gasteiger partial charge in [0.2, 0.25) is 5.95 Å². The van der Waals surface area contributed by atoms with E-state index in [0.717, 1.165) is 11.6 Å². The van der Waals surface area contributed by atoms with Crippen LogP contribution in [0.3, 0.4) is 0 Å². The summed E-state index contributed by atoms with van der Waals surface area (Å²) >= 11 is 5.92. The fourth-order valence-electron chi connectivity index (χ4n) is 2.50. The number of fused-ring (bicyclic) bond motifs is 2. The van der Waals surface area contributed by atoms with Gasteiger partial charge in [-0.05, 0) is 24.3 Å². The first-order valence-corrected chi connectivity index (χ1v) is 7.13. The Balaban J connectivity index is 1.84. The summed E-state index contributed by atoms with van der Waals surface area (Å²) in [7, 11) is 1.71. The number of benzene rings is 1. The number of aromatic amines is 1. The molecule has 0 unspecified atom stereocenters. The molecule has 0 aliphatic heterocycles. The summed E-state index contributed by atoms with van der Waals surface area (Å²) in [6, 6.07) is 6.05. The van der Waals surface area contributed by atoms with Crippen LogP contribution in [0.5, 0.6) is 0 Å². The highest BCUT2D eigenvalue weighted by molar-refractivity contribution is 6.29. The van der Waals surface area contributed by atoms with Crippen molar-refractivity contribution in [3.63, 3.8) is 0 Å². The van der Waals surface area contributed by atoms with E-state index in [1.165, 1.54) is 6.07 Å². The van der Waals surface area contributed by atoms with E-state index in [9.17, 15) is 8.78 Å². The van der Waals surface area contributed by atoms with Gasteiger partial charge >= 0.3 is 0 Å². The predicted octanol–water partition coefficient (Wildman–Crippen LogP) is 4.12. The number of nitrogens with one attached hydrogen (secondary N) is 2. The number of imidazole rings is 1. The van der Waals surface area contributed by atoms with Crippen LogP contribution in [0.4, 0.5) is 20.4 Å². The summed E-state index contributed by atoms with van der Waals surface area (Å²) in [5.41, 5.74) is 2.53. The zero-order valence-electron chi connectivity index (χ0n) is 11.9. The first kappa shape index (κ1) is 14.0. The number of hydrogen-bond donors (Lipinski definition) is 2. The highest BCUT2D eigenvalue weighted by atomic mass is 35.5. The van der Waals surface area contributed by atoms with Crippen LogP contribution < -0.4 is 5.32 Å². The van der Waals surface area contributed by atoms with Gasteiger partial charge in [-0.3, -0.25) is 0 Å². The minimum atomic E-state index is -0.966. The van der Waals surface area contributed by atoms with E-state index < -0.39 is 11.6 Å². The summed E-state index contributed by atoms with van der Waals surface area (Å²) in [5, 5.41) is 3.43. The van der Waals surface area contributed by atoms with Crippen molar-refractivity contribution in [3.05, 3.63) is 47.2 Å². The van der Waals surface area contributed by atoms with Crippen LogP contribution in [0, 0.1) is 11.6 Å². The molecule has 0 spiro atoms. The Morgan fingerprint density at radius 2 is 1.96 bits per heavy atom. The minimum absolute atomic E-state index is 0.0270. The Labute approximate surface area is 133 Å². The highest BCUT2D eigenvalue weighted by Crippen LogP contribution is 2.28. The van der Waals surface area contributed by atoms with Crippen LogP contribution in [-0.4, -0.2) is 19.5 Å². The molecule has 0 saturated carbocycles. The maximum atomic E-state index is 13.9. The molecule has 8 heteroatoms. The molecular formula is C15H10ClF2N5. The number of pyridine rings is 1. The standard InChI is InChI=1S/C15H10ClF2N5/c1-23-10-4-2-7(17)12(18)14(10)22-15(23)20-9-6-19-8-3-5-11(16)21-13(8)9/h2-6,19H,1H3,(H,20,22). The molecule has 0 fully saturated rings. The van der Waals surface area contributed by atoms with E-state index in [1.54, 1.807) is 29.9 Å². The van der Waals surface area contributed by atoms with Crippen LogP contribution in [0.1, 0.15) is 0 Å². The highest BCUT2D eigenvalue weighted by Gasteiger charge is 2.16. The van der Waals surface area contributed by atoms with Gasteiger partial charge in [0.25, 0.3) is 0 Å². The van der Waals surface area contributed by atoms with Crippen molar-refractivity contribution in [1.29, 1.82) is 0 Å². The third kappa shape index (κ3) is 2.12. The van der Waals surface area contributed by atoms with E-state index >= 15 is 0 Å². The van der Waals surface area contributed by atoms with Gasteiger partial charge in [-0.25, -0.2) is 18.7 Å². The number of halogens is 3. The van der Waals surface area contributed by atoms with Crippen molar-refractivity contribution < 1.29 is 8.78 Å². The molecule has 2 N–H and O–H groups in total. The van der Waals surface area contributed by atoms with Crippen molar-refractivity contribution in [3.8, 4) is 0 Å². The monoisotopic (exact) mass is 333 g/mol. The third-order valence-corrected chi connectivity index (χ3v) is 3.89. The summed E-state index contributed by atoms with van der Waals surface area (Å²) in [6.07, 6.45) is 1.71. The molecule has 5 nitrogen and oxygen atoms in total. The quantitative estimate of drug-likeness (QED) is 0.542. The number of aromatic nitrogens is 4. The van der Waals surface area contributed by atoms with E-state index in [1.807, 2.05) is 0 Å². The van der Waals surface area contributed by atoms with E-state index in [2.05, 4.69) is 20.3 Å². The Hall–Kier alpha value is -2.67. The molecule has 3 heterocycles. The van der Waals surface area contributed by atoms with Gasteiger partial charge in [-0.1, -0.05) is 11.6 Å². The van der Waals surface area contributed by atoms with Gasteiger partial charge in [0.05, 0.1) is 16.7 Å².